The molecule has 0 aromatic rings. The van der Waals surface area contributed by atoms with Crippen LogP contribution >= 0.6 is 0 Å². The molecular weight excluding hydrogens is 636 g/mol. The Balaban J connectivity index is 0. The molecule has 0 aliphatic heterocycles. The van der Waals surface area contributed by atoms with Crippen LogP contribution in [0.5, 0.6) is 0 Å². The standard InChI is InChI=1S/2H3N.38H2O/h2*1H3;38*1H2. The fraction of sp³-hybridized carbons (Fsp3) is 0. The fourth-order valence-corrected chi connectivity index (χ4v) is 0. The molecule has 0 aromatic heterocycles. The number of rotatable bonds is 0. The lowest BCUT2D eigenvalue weighted by atomic mass is 14.0. The van der Waals surface area contributed by atoms with Crippen LogP contribution in [0.1, 0.15) is 0 Å². The topological polar surface area (TPSA) is 1270 Å². The van der Waals surface area contributed by atoms with Crippen LogP contribution in [-0.2, 0) is 0 Å². The highest BCUT2D eigenvalue weighted by atomic mass is 16.0. The van der Waals surface area contributed by atoms with Gasteiger partial charge in [0.25, 0.3) is 0 Å². The molecule has 320 valence electrons. The molecule has 0 aliphatic rings. The maximum absolute atomic E-state index is 0. The summed E-state index contributed by atoms with van der Waals surface area (Å²) in [5.74, 6) is 0. The van der Waals surface area contributed by atoms with Gasteiger partial charge in [0.1, 0.15) is 0 Å². The molecule has 40 heteroatoms. The first kappa shape index (κ1) is 21000. The third-order valence-electron chi connectivity index (χ3n) is 0. The minimum Gasteiger partial charge on any atom is -0.412 e. The first-order valence-corrected chi connectivity index (χ1v) is 0. The van der Waals surface area contributed by atoms with E-state index in [9.17, 15) is 0 Å². The molecule has 0 radical (unpaired) electrons. The Morgan fingerprint density at radius 2 is 0.0500 bits per heavy atom. The Hall–Kier alpha value is -1.60. The van der Waals surface area contributed by atoms with Crippen LogP contribution in [0.25, 0.3) is 0 Å². The molecule has 0 atom stereocenters. The monoisotopic (exact) mass is 718 g/mol. The lowest BCUT2D eigenvalue weighted by molar-refractivity contribution is 0.823. The summed E-state index contributed by atoms with van der Waals surface area (Å²) >= 11 is 0. The largest absolute Gasteiger partial charge is 0.412 e. The van der Waals surface area contributed by atoms with E-state index in [0.717, 1.165) is 0 Å². The molecule has 82 N–H and O–H groups in total. The first-order chi connectivity index (χ1) is 0. The third-order valence-corrected chi connectivity index (χ3v) is 0. The van der Waals surface area contributed by atoms with Gasteiger partial charge in [0.15, 0.2) is 0 Å². The van der Waals surface area contributed by atoms with E-state index in [1.807, 2.05) is 0 Å². The molecule has 0 saturated carbocycles. The van der Waals surface area contributed by atoms with E-state index < -0.39 is 0 Å². The SMILES string of the molecule is N.N.O.O.O.O.O.O.O.O.O.O.O.O.O.O.O.O.O.O.O.O.O.O.O.O.O.O.O.O.O.O.O.O.O.O.O.O.O.O. The minimum absolute atomic E-state index is 0. The van der Waals surface area contributed by atoms with E-state index in [-0.39, 0.29) is 220 Å². The zero-order valence-electron chi connectivity index (χ0n) is 20.4. The van der Waals surface area contributed by atoms with E-state index in [0.29, 0.717) is 0 Å². The van der Waals surface area contributed by atoms with Gasteiger partial charge in [-0.3, -0.25) is 0 Å². The summed E-state index contributed by atoms with van der Waals surface area (Å²) in [6.45, 7) is 0. The zero-order chi connectivity index (χ0) is 0. The van der Waals surface area contributed by atoms with Gasteiger partial charge in [0.05, 0.1) is 0 Å². The Kier molecular flexibility index (Phi) is 10200000. The summed E-state index contributed by atoms with van der Waals surface area (Å²) in [4.78, 5) is 0. The first-order valence-electron chi connectivity index (χ1n) is 0. The van der Waals surface area contributed by atoms with Crippen molar-refractivity contribution in [2.24, 2.45) is 0 Å². The molecule has 40 nitrogen and oxygen atoms in total. The van der Waals surface area contributed by atoms with Gasteiger partial charge in [-0.05, 0) is 0 Å². The van der Waals surface area contributed by atoms with Crippen molar-refractivity contribution in [3.05, 3.63) is 0 Å². The quantitative estimate of drug-likeness (QED) is 0.246. The van der Waals surface area contributed by atoms with Gasteiger partial charge in [0.2, 0.25) is 0 Å². The highest BCUT2D eigenvalue weighted by Gasteiger charge is -0.341. The lowest BCUT2D eigenvalue weighted by Crippen LogP contribution is -0.482. The number of hydrogen-bond acceptors (Lipinski definition) is 2. The van der Waals surface area contributed by atoms with E-state index in [4.69, 9.17) is 0 Å². The second-order valence-electron chi connectivity index (χ2n) is 0. The Morgan fingerprint density at radius 3 is 0.0500 bits per heavy atom. The van der Waals surface area contributed by atoms with E-state index >= 15 is 0 Å². The Morgan fingerprint density at radius 1 is 0.0500 bits per heavy atom. The summed E-state index contributed by atoms with van der Waals surface area (Å²) in [6.07, 6.45) is 0. The van der Waals surface area contributed by atoms with Crippen molar-refractivity contribution in [3.63, 3.8) is 0 Å². The molecule has 0 rings (SSSR count). The Labute approximate surface area is 222 Å². The van der Waals surface area contributed by atoms with Crippen molar-refractivity contribution in [2.45, 2.75) is 0 Å². The molecule has 0 aliphatic carbocycles. The normalized spacial score (nSPS) is 0. The molecule has 0 bridgehead atoms. The van der Waals surface area contributed by atoms with Crippen LogP contribution in [0.15, 0.2) is 0 Å². The van der Waals surface area contributed by atoms with Gasteiger partial charge in [-0.1, -0.05) is 0 Å². The summed E-state index contributed by atoms with van der Waals surface area (Å²) < 4.78 is 0. The lowest BCUT2D eigenvalue weighted by Gasteiger charge is -0.413. The van der Waals surface area contributed by atoms with Crippen LogP contribution in [0.4, 0.5) is 0 Å². The van der Waals surface area contributed by atoms with E-state index in [2.05, 4.69) is 0 Å². The third kappa shape index (κ3) is 17800. The summed E-state index contributed by atoms with van der Waals surface area (Å²) in [5, 5.41) is 0. The van der Waals surface area contributed by atoms with Crippen molar-refractivity contribution >= 4 is 0 Å². The van der Waals surface area contributed by atoms with Crippen LogP contribution < -0.4 is 12.3 Å². The van der Waals surface area contributed by atoms with Gasteiger partial charge >= 0.3 is 0 Å². The summed E-state index contributed by atoms with van der Waals surface area (Å²) in [5.41, 5.74) is 0. The van der Waals surface area contributed by atoms with Gasteiger partial charge in [-0.2, -0.15) is 0 Å². The zero-order valence-corrected chi connectivity index (χ0v) is 20.4. The van der Waals surface area contributed by atoms with Crippen molar-refractivity contribution in [3.8, 4) is 0 Å². The maximum Gasteiger partial charge on any atom is -0.344 e. The molecule has 0 saturated heterocycles. The van der Waals surface area contributed by atoms with Gasteiger partial charge < -0.3 is 220 Å². The van der Waals surface area contributed by atoms with Gasteiger partial charge in [-0.25, -0.2) is 0 Å². The predicted octanol–water partition coefficient (Wildman–Crippen LogP) is -31.0. The molecule has 0 unspecified atom stereocenters. The van der Waals surface area contributed by atoms with Gasteiger partial charge in [0, 0.05) is 0 Å². The highest BCUT2D eigenvalue weighted by molar-refractivity contribution is 2.14. The molecule has 0 fully saturated rings. The van der Waals surface area contributed by atoms with Crippen molar-refractivity contribution < 1.29 is 208 Å². The predicted molar refractivity (Wildman–Crippen MR) is 147 cm³/mol. The molecule has 0 amide bonds. The molecular formula is H82N2O38. The molecule has 0 heterocycles. The highest BCUT2D eigenvalue weighted by Crippen LogP contribution is -0.252. The summed E-state index contributed by atoms with van der Waals surface area (Å²) in [6, 6.07) is 0. The van der Waals surface area contributed by atoms with Crippen LogP contribution in [0.3, 0.4) is 0 Å². The fourth-order valence-electron chi connectivity index (χ4n) is 0. The van der Waals surface area contributed by atoms with Crippen LogP contribution in [0.2, 0.25) is 0 Å². The van der Waals surface area contributed by atoms with E-state index in [1.165, 1.54) is 0 Å². The average Bonchev–Trinajstić information content (AvgIpc) is 0. The smallest absolute Gasteiger partial charge is 0.344 e. The molecule has 40 heavy (non-hydrogen) atoms. The minimum atomic E-state index is 0. The second kappa shape index (κ2) is 19400. The van der Waals surface area contributed by atoms with Crippen molar-refractivity contribution in [2.75, 3.05) is 0 Å². The van der Waals surface area contributed by atoms with Gasteiger partial charge in [-0.15, -0.1) is 0 Å². The van der Waals surface area contributed by atoms with Crippen molar-refractivity contribution in [1.29, 1.82) is 0 Å². The van der Waals surface area contributed by atoms with Crippen LogP contribution in [-0.4, -0.2) is 208 Å². The maximum atomic E-state index is 0. The molecule has 0 spiro atoms. The Bertz CT molecular complexity index is 11.5. The second-order valence-corrected chi connectivity index (χ2v) is 0. The summed E-state index contributed by atoms with van der Waals surface area (Å²) in [7, 11) is 0. The molecule has 0 aromatic carbocycles. The van der Waals surface area contributed by atoms with Crippen molar-refractivity contribution in [1.82, 2.24) is 12.3 Å². The van der Waals surface area contributed by atoms with E-state index in [1.54, 1.807) is 0 Å². The van der Waals surface area contributed by atoms with Crippen LogP contribution in [0, 0.1) is 0 Å². The number of hydrogen-bond donors (Lipinski definition) is 2. The average molecular weight is 719 g/mol.